The monoisotopic (exact) mass is 472 g/mol. The van der Waals surface area contributed by atoms with Gasteiger partial charge in [0.2, 0.25) is 15.9 Å². The molecule has 1 saturated heterocycles. The average Bonchev–Trinajstić information content (AvgIpc) is 2.75. The van der Waals surface area contributed by atoms with Crippen LogP contribution in [0, 0.1) is 0 Å². The zero-order valence-corrected chi connectivity index (χ0v) is 17.7. The number of benzene rings is 2. The van der Waals surface area contributed by atoms with Gasteiger partial charge in [-0.25, -0.2) is 8.42 Å². The van der Waals surface area contributed by atoms with Crippen LogP contribution in [-0.2, 0) is 19.6 Å². The van der Waals surface area contributed by atoms with Gasteiger partial charge < -0.3 is 14.8 Å². The van der Waals surface area contributed by atoms with E-state index in [1.54, 1.807) is 0 Å². The average molecular weight is 473 g/mol. The lowest BCUT2D eigenvalue weighted by Gasteiger charge is -2.26. The molecule has 1 aliphatic rings. The molecule has 1 fully saturated rings. The Morgan fingerprint density at radius 3 is 2.48 bits per heavy atom. The Bertz CT molecular complexity index is 1060. The number of hydrogen-bond acceptors (Lipinski definition) is 5. The number of alkyl halides is 2. The van der Waals surface area contributed by atoms with Gasteiger partial charge in [-0.1, -0.05) is 23.7 Å². The van der Waals surface area contributed by atoms with Gasteiger partial charge in [0.1, 0.15) is 5.75 Å². The minimum Gasteiger partial charge on any atom is -0.435 e. The summed E-state index contributed by atoms with van der Waals surface area (Å²) in [6, 6.07) is 9.78. The van der Waals surface area contributed by atoms with Crippen LogP contribution in [0.25, 0.3) is 6.08 Å². The van der Waals surface area contributed by atoms with Crippen LogP contribution in [0.4, 0.5) is 14.5 Å². The first-order chi connectivity index (χ1) is 14.8. The van der Waals surface area contributed by atoms with Crippen molar-refractivity contribution in [2.75, 3.05) is 31.6 Å². The van der Waals surface area contributed by atoms with E-state index >= 15 is 0 Å². The number of carbonyl (C=O) groups is 1. The molecule has 0 unspecified atom stereocenters. The number of nitrogens with zero attached hydrogens (tertiary/aromatic N) is 1. The van der Waals surface area contributed by atoms with Crippen LogP contribution in [0.5, 0.6) is 5.75 Å². The van der Waals surface area contributed by atoms with Gasteiger partial charge in [-0.2, -0.15) is 13.1 Å². The zero-order chi connectivity index (χ0) is 22.4. The second kappa shape index (κ2) is 10.2. The molecule has 1 N–H and O–H groups in total. The van der Waals surface area contributed by atoms with Crippen molar-refractivity contribution in [1.29, 1.82) is 0 Å². The third-order valence-electron chi connectivity index (χ3n) is 4.34. The van der Waals surface area contributed by atoms with Crippen LogP contribution in [0.15, 0.2) is 53.4 Å². The first kappa shape index (κ1) is 23.1. The van der Waals surface area contributed by atoms with Crippen LogP contribution in [0.1, 0.15) is 5.56 Å². The summed E-state index contributed by atoms with van der Waals surface area (Å²) in [6.45, 7) is -1.79. The molecule has 0 saturated carbocycles. The first-order valence-corrected chi connectivity index (χ1v) is 11.0. The maximum Gasteiger partial charge on any atom is 0.387 e. The largest absolute Gasteiger partial charge is 0.435 e. The van der Waals surface area contributed by atoms with E-state index in [4.69, 9.17) is 16.3 Å². The van der Waals surface area contributed by atoms with Gasteiger partial charge in [-0.3, -0.25) is 4.79 Å². The number of hydrogen-bond donors (Lipinski definition) is 1. The highest BCUT2D eigenvalue weighted by atomic mass is 35.5. The van der Waals surface area contributed by atoms with Gasteiger partial charge in [-0.05, 0) is 42.0 Å². The summed E-state index contributed by atoms with van der Waals surface area (Å²) in [7, 11) is -3.75. The minimum atomic E-state index is -3.75. The molecule has 0 bridgehead atoms. The SMILES string of the molecule is O=C(C=Cc1ccc(OC(F)F)cc1)Nc1cc(S(=O)(=O)N2CCOCC2)ccc1Cl. The van der Waals surface area contributed by atoms with E-state index in [0.29, 0.717) is 18.8 Å². The number of nitrogens with one attached hydrogen (secondary N) is 1. The summed E-state index contributed by atoms with van der Waals surface area (Å²) >= 11 is 6.11. The number of ether oxygens (including phenoxy) is 2. The highest BCUT2D eigenvalue weighted by Crippen LogP contribution is 2.27. The topological polar surface area (TPSA) is 84.9 Å². The van der Waals surface area contributed by atoms with Crippen molar-refractivity contribution in [1.82, 2.24) is 4.31 Å². The Labute approximate surface area is 183 Å². The Balaban J connectivity index is 1.69. The number of carbonyl (C=O) groups excluding carboxylic acids is 1. The lowest BCUT2D eigenvalue weighted by molar-refractivity contribution is -0.111. The molecule has 166 valence electrons. The molecule has 1 aliphatic heterocycles. The second-order valence-corrected chi connectivity index (χ2v) is 8.77. The van der Waals surface area contributed by atoms with E-state index < -0.39 is 22.5 Å². The van der Waals surface area contributed by atoms with E-state index in [0.717, 1.165) is 0 Å². The molecule has 0 aliphatic carbocycles. The van der Waals surface area contributed by atoms with Gasteiger partial charge in [0, 0.05) is 19.2 Å². The third kappa shape index (κ3) is 6.23. The van der Waals surface area contributed by atoms with Crippen molar-refractivity contribution in [3.05, 3.63) is 59.1 Å². The lowest BCUT2D eigenvalue weighted by atomic mass is 10.2. The van der Waals surface area contributed by atoms with E-state index in [9.17, 15) is 22.0 Å². The quantitative estimate of drug-likeness (QED) is 0.622. The van der Waals surface area contributed by atoms with Gasteiger partial charge in [-0.15, -0.1) is 0 Å². The molecule has 0 spiro atoms. The van der Waals surface area contributed by atoms with Crippen molar-refractivity contribution >= 4 is 39.3 Å². The van der Waals surface area contributed by atoms with Crippen molar-refractivity contribution < 1.29 is 31.5 Å². The molecular weight excluding hydrogens is 454 g/mol. The number of anilines is 1. The maximum atomic E-state index is 12.8. The smallest absolute Gasteiger partial charge is 0.387 e. The highest BCUT2D eigenvalue weighted by Gasteiger charge is 2.27. The Morgan fingerprint density at radius 2 is 1.84 bits per heavy atom. The van der Waals surface area contributed by atoms with Crippen LogP contribution in [0.3, 0.4) is 0 Å². The summed E-state index contributed by atoms with van der Waals surface area (Å²) in [5.74, 6) is -0.544. The fourth-order valence-corrected chi connectivity index (χ4v) is 4.40. The molecule has 0 radical (unpaired) electrons. The fourth-order valence-electron chi connectivity index (χ4n) is 2.80. The normalized spacial score (nSPS) is 15.4. The molecule has 31 heavy (non-hydrogen) atoms. The van der Waals surface area contributed by atoms with E-state index in [1.165, 1.54) is 58.9 Å². The van der Waals surface area contributed by atoms with Gasteiger partial charge >= 0.3 is 6.61 Å². The molecule has 3 rings (SSSR count). The summed E-state index contributed by atoms with van der Waals surface area (Å²) in [6.07, 6.45) is 2.67. The Morgan fingerprint density at radius 1 is 1.16 bits per heavy atom. The number of rotatable bonds is 7. The van der Waals surface area contributed by atoms with E-state index in [1.807, 2.05) is 0 Å². The van der Waals surface area contributed by atoms with Crippen LogP contribution < -0.4 is 10.1 Å². The molecule has 0 atom stereocenters. The zero-order valence-electron chi connectivity index (χ0n) is 16.1. The number of halogens is 3. The molecule has 2 aromatic rings. The fraction of sp³-hybridized carbons (Fsp3) is 0.250. The molecular formula is C20H19ClF2N2O5S. The van der Waals surface area contributed by atoms with Gasteiger partial charge in [0.05, 0.1) is 28.8 Å². The molecule has 0 aromatic heterocycles. The van der Waals surface area contributed by atoms with E-state index in [-0.39, 0.29) is 34.4 Å². The molecule has 2 aromatic carbocycles. The van der Waals surface area contributed by atoms with Crippen molar-refractivity contribution in [3.8, 4) is 5.75 Å². The number of morpholine rings is 1. The summed E-state index contributed by atoms with van der Waals surface area (Å²) in [5, 5.41) is 2.72. The van der Waals surface area contributed by atoms with E-state index in [2.05, 4.69) is 10.1 Å². The lowest BCUT2D eigenvalue weighted by Crippen LogP contribution is -2.40. The van der Waals surface area contributed by atoms with Crippen molar-refractivity contribution in [3.63, 3.8) is 0 Å². The summed E-state index contributed by atoms with van der Waals surface area (Å²) in [5.41, 5.74) is 0.720. The second-order valence-electron chi connectivity index (χ2n) is 6.43. The Hall–Kier alpha value is -2.53. The first-order valence-electron chi connectivity index (χ1n) is 9.17. The maximum absolute atomic E-state index is 12.8. The third-order valence-corrected chi connectivity index (χ3v) is 6.56. The van der Waals surface area contributed by atoms with Crippen LogP contribution in [-0.4, -0.2) is 51.5 Å². The van der Waals surface area contributed by atoms with Crippen molar-refractivity contribution in [2.45, 2.75) is 11.5 Å². The predicted molar refractivity (Wildman–Crippen MR) is 112 cm³/mol. The summed E-state index contributed by atoms with van der Waals surface area (Å²) < 4.78 is 60.7. The standard InChI is InChI=1S/C20H19ClF2N2O5S/c21-17-7-6-16(31(27,28)25-9-11-29-12-10-25)13-18(17)24-19(26)8-3-14-1-4-15(5-2-14)30-20(22)23/h1-8,13,20H,9-12H2,(H,24,26). The van der Waals surface area contributed by atoms with Crippen LogP contribution in [0.2, 0.25) is 5.02 Å². The molecule has 11 heteroatoms. The number of amides is 1. The predicted octanol–water partition coefficient (Wildman–Crippen LogP) is 3.61. The van der Waals surface area contributed by atoms with Gasteiger partial charge in [0.25, 0.3) is 0 Å². The molecule has 1 amide bonds. The molecule has 1 heterocycles. The van der Waals surface area contributed by atoms with Crippen molar-refractivity contribution in [2.24, 2.45) is 0 Å². The minimum absolute atomic E-state index is 0.00155. The summed E-state index contributed by atoms with van der Waals surface area (Å²) in [4.78, 5) is 12.3. The van der Waals surface area contributed by atoms with Crippen LogP contribution >= 0.6 is 11.6 Å². The number of sulfonamides is 1. The highest BCUT2D eigenvalue weighted by molar-refractivity contribution is 7.89. The van der Waals surface area contributed by atoms with Gasteiger partial charge in [0.15, 0.2) is 0 Å². The molecule has 7 nitrogen and oxygen atoms in total. The Kier molecular flexibility index (Phi) is 7.60.